The molecule has 0 fully saturated rings. The van der Waals surface area contributed by atoms with E-state index in [4.69, 9.17) is 9.84 Å². The second-order valence-corrected chi connectivity index (χ2v) is 3.83. The van der Waals surface area contributed by atoms with Crippen molar-refractivity contribution in [3.8, 4) is 0 Å². The van der Waals surface area contributed by atoms with Crippen molar-refractivity contribution in [3.63, 3.8) is 0 Å². The molecule has 3 heteroatoms. The Morgan fingerprint density at radius 1 is 1.57 bits per heavy atom. The third-order valence-corrected chi connectivity index (χ3v) is 2.80. The highest BCUT2D eigenvalue weighted by atomic mass is 16.5. The van der Waals surface area contributed by atoms with E-state index in [1.54, 1.807) is 6.08 Å². The van der Waals surface area contributed by atoms with Crippen LogP contribution in [0.25, 0.3) is 0 Å². The summed E-state index contributed by atoms with van der Waals surface area (Å²) < 4.78 is 5.33. The third kappa shape index (κ3) is 1.60. The first-order chi connectivity index (χ1) is 6.56. The van der Waals surface area contributed by atoms with Crippen LogP contribution in [0.4, 0.5) is 0 Å². The number of ether oxygens (including phenoxy) is 1. The van der Waals surface area contributed by atoms with Gasteiger partial charge in [0.2, 0.25) is 0 Å². The molecule has 78 valence electrons. The Morgan fingerprint density at radius 2 is 2.21 bits per heavy atom. The van der Waals surface area contributed by atoms with Gasteiger partial charge in [0.25, 0.3) is 0 Å². The molecule has 0 heterocycles. The van der Waals surface area contributed by atoms with Gasteiger partial charge >= 0.3 is 0 Å². The molecular formula is C11H16O3. The van der Waals surface area contributed by atoms with Crippen molar-refractivity contribution in [2.45, 2.75) is 25.9 Å². The molecule has 1 atom stereocenters. The van der Waals surface area contributed by atoms with Gasteiger partial charge in [-0.25, -0.2) is 0 Å². The smallest absolute Gasteiger partial charge is 0.188 e. The van der Waals surface area contributed by atoms with E-state index >= 15 is 0 Å². The molecule has 1 aliphatic carbocycles. The number of hydrogen-bond donors (Lipinski definition) is 1. The Morgan fingerprint density at radius 3 is 2.64 bits per heavy atom. The van der Waals surface area contributed by atoms with E-state index in [0.717, 1.165) is 11.8 Å². The topological polar surface area (TPSA) is 46.5 Å². The molecule has 3 nitrogen and oxygen atoms in total. The lowest BCUT2D eigenvalue weighted by Crippen LogP contribution is -2.46. The van der Waals surface area contributed by atoms with Gasteiger partial charge in [0.05, 0.1) is 6.26 Å². The summed E-state index contributed by atoms with van der Waals surface area (Å²) in [6.07, 6.45) is 4.56. The van der Waals surface area contributed by atoms with Crippen molar-refractivity contribution in [3.05, 3.63) is 24.0 Å². The highest BCUT2D eigenvalue weighted by Gasteiger charge is 2.42. The van der Waals surface area contributed by atoms with Crippen LogP contribution in [0.2, 0.25) is 0 Å². The molecule has 1 N–H and O–H groups in total. The van der Waals surface area contributed by atoms with Gasteiger partial charge in [-0.15, -0.1) is 0 Å². The summed E-state index contributed by atoms with van der Waals surface area (Å²) in [6.45, 7) is 3.88. The number of ketones is 1. The van der Waals surface area contributed by atoms with Crippen molar-refractivity contribution < 1.29 is 14.6 Å². The van der Waals surface area contributed by atoms with E-state index < -0.39 is 5.60 Å². The summed E-state index contributed by atoms with van der Waals surface area (Å²) in [5, 5.41) is 8.91. The molecule has 0 spiro atoms. The molecule has 0 amide bonds. The number of carbonyl (C=O) groups excluding carboxylic acids is 1. The van der Waals surface area contributed by atoms with Crippen LogP contribution in [0.3, 0.4) is 0 Å². The van der Waals surface area contributed by atoms with Crippen LogP contribution >= 0.6 is 0 Å². The lowest BCUT2D eigenvalue weighted by atomic mass is 9.77. The minimum Gasteiger partial charge on any atom is -0.515 e. The fourth-order valence-corrected chi connectivity index (χ4v) is 1.76. The summed E-state index contributed by atoms with van der Waals surface area (Å²) in [6, 6.07) is 0. The first-order valence-electron chi connectivity index (χ1n) is 4.67. The van der Waals surface area contributed by atoms with E-state index in [2.05, 4.69) is 0 Å². The maximum atomic E-state index is 11.7. The van der Waals surface area contributed by atoms with Crippen molar-refractivity contribution in [1.29, 1.82) is 0 Å². The van der Waals surface area contributed by atoms with E-state index in [1.165, 1.54) is 13.2 Å². The first kappa shape index (κ1) is 11.0. The van der Waals surface area contributed by atoms with Crippen LogP contribution < -0.4 is 0 Å². The predicted octanol–water partition coefficient (Wildman–Crippen LogP) is 2.00. The lowest BCUT2D eigenvalue weighted by molar-refractivity contribution is -0.142. The number of carbonyl (C=O) groups is 1. The van der Waals surface area contributed by atoms with Gasteiger partial charge in [-0.3, -0.25) is 4.79 Å². The molecule has 1 unspecified atom stereocenters. The predicted molar refractivity (Wildman–Crippen MR) is 54.1 cm³/mol. The molecule has 0 aromatic heterocycles. The van der Waals surface area contributed by atoms with E-state index in [1.807, 2.05) is 13.8 Å². The zero-order chi connectivity index (χ0) is 10.8. The second kappa shape index (κ2) is 3.96. The Kier molecular flexibility index (Phi) is 3.11. The normalized spacial score (nSPS) is 30.3. The number of hydrogen-bond acceptors (Lipinski definition) is 3. The van der Waals surface area contributed by atoms with Crippen LogP contribution in [0.5, 0.6) is 0 Å². The standard InChI is InChI=1S/C11H16O3/c1-8(2)11(14-3)6-9(7-12)4-5-10(11)13/h4-5,7-8,12H,6H2,1-3H3. The molecule has 0 aliphatic heterocycles. The average Bonchev–Trinajstić information content (AvgIpc) is 2.18. The first-order valence-corrected chi connectivity index (χ1v) is 4.67. The minimum atomic E-state index is -0.802. The Hall–Kier alpha value is -1.09. The number of aliphatic hydroxyl groups excluding tert-OH is 1. The lowest BCUT2D eigenvalue weighted by Gasteiger charge is -2.36. The molecule has 0 aromatic rings. The second-order valence-electron chi connectivity index (χ2n) is 3.83. The monoisotopic (exact) mass is 196 g/mol. The Balaban J connectivity index is 3.08. The van der Waals surface area contributed by atoms with E-state index in [-0.39, 0.29) is 11.7 Å². The molecule has 0 saturated heterocycles. The third-order valence-electron chi connectivity index (χ3n) is 2.80. The van der Waals surface area contributed by atoms with Crippen LogP contribution in [0.1, 0.15) is 20.3 Å². The van der Waals surface area contributed by atoms with Gasteiger partial charge in [0.15, 0.2) is 5.78 Å². The summed E-state index contributed by atoms with van der Waals surface area (Å²) in [7, 11) is 1.53. The fraction of sp³-hybridized carbons (Fsp3) is 0.545. The molecular weight excluding hydrogens is 180 g/mol. The van der Waals surface area contributed by atoms with Crippen molar-refractivity contribution in [2.75, 3.05) is 7.11 Å². The average molecular weight is 196 g/mol. The molecule has 1 rings (SSSR count). The molecule has 0 bridgehead atoms. The van der Waals surface area contributed by atoms with E-state index in [9.17, 15) is 4.79 Å². The number of methoxy groups -OCH3 is 1. The summed E-state index contributed by atoms with van der Waals surface area (Å²) in [4.78, 5) is 11.7. The maximum absolute atomic E-state index is 11.7. The van der Waals surface area contributed by atoms with Crippen LogP contribution in [-0.4, -0.2) is 23.6 Å². The van der Waals surface area contributed by atoms with Crippen LogP contribution in [0, 0.1) is 5.92 Å². The van der Waals surface area contributed by atoms with Gasteiger partial charge in [-0.1, -0.05) is 19.9 Å². The van der Waals surface area contributed by atoms with Gasteiger partial charge in [-0.2, -0.15) is 0 Å². The highest BCUT2D eigenvalue weighted by Crippen LogP contribution is 2.33. The number of aliphatic hydroxyl groups is 1. The molecule has 0 radical (unpaired) electrons. The molecule has 1 aliphatic rings. The largest absolute Gasteiger partial charge is 0.515 e. The van der Waals surface area contributed by atoms with Crippen molar-refractivity contribution in [2.24, 2.45) is 5.92 Å². The van der Waals surface area contributed by atoms with Gasteiger partial charge in [0, 0.05) is 13.5 Å². The van der Waals surface area contributed by atoms with Crippen LogP contribution in [-0.2, 0) is 9.53 Å². The molecule has 0 aromatic carbocycles. The maximum Gasteiger partial charge on any atom is 0.188 e. The molecule has 0 saturated carbocycles. The van der Waals surface area contributed by atoms with Crippen molar-refractivity contribution >= 4 is 5.78 Å². The zero-order valence-corrected chi connectivity index (χ0v) is 8.78. The van der Waals surface area contributed by atoms with Gasteiger partial charge < -0.3 is 9.84 Å². The Labute approximate surface area is 84.1 Å². The zero-order valence-electron chi connectivity index (χ0n) is 8.78. The summed E-state index contributed by atoms with van der Waals surface area (Å²) in [5.74, 6) is 0.0560. The number of rotatable bonds is 2. The Bertz CT molecular complexity index is 289. The summed E-state index contributed by atoms with van der Waals surface area (Å²) in [5.41, 5.74) is -0.0799. The van der Waals surface area contributed by atoms with Crippen LogP contribution in [0.15, 0.2) is 24.0 Å². The fourth-order valence-electron chi connectivity index (χ4n) is 1.76. The quantitative estimate of drug-likeness (QED) is 0.687. The van der Waals surface area contributed by atoms with Gasteiger partial charge in [-0.05, 0) is 17.6 Å². The minimum absolute atomic E-state index is 0.0272. The molecule has 14 heavy (non-hydrogen) atoms. The van der Waals surface area contributed by atoms with Crippen molar-refractivity contribution in [1.82, 2.24) is 0 Å². The SMILES string of the molecule is COC1(C(C)C)CC(=CO)C=CC1=O. The summed E-state index contributed by atoms with van der Waals surface area (Å²) >= 11 is 0. The van der Waals surface area contributed by atoms with Gasteiger partial charge in [0.1, 0.15) is 5.60 Å². The number of allylic oxidation sites excluding steroid dienone is 1. The highest BCUT2D eigenvalue weighted by molar-refractivity contribution is 5.99. The van der Waals surface area contributed by atoms with E-state index in [0.29, 0.717) is 6.42 Å².